The average Bonchev–Trinajstić information content (AvgIpc) is 2.83. The van der Waals surface area contributed by atoms with Gasteiger partial charge in [-0.1, -0.05) is 50.1 Å². The summed E-state index contributed by atoms with van der Waals surface area (Å²) in [5, 5.41) is -0.505. The number of piperidine rings is 1. The number of aryl methyl sites for hydroxylation is 1. The highest BCUT2D eigenvalue weighted by molar-refractivity contribution is 9.10. The molecule has 0 unspecified atom stereocenters. The first kappa shape index (κ1) is 24.9. The van der Waals surface area contributed by atoms with E-state index < -0.39 is 15.1 Å². The molecule has 1 fully saturated rings. The topological polar surface area (TPSA) is 70.6 Å². The second kappa shape index (κ2) is 10.6. The van der Waals surface area contributed by atoms with E-state index in [1.165, 1.54) is 0 Å². The number of halogens is 2. The number of urea groups is 1. The first-order chi connectivity index (χ1) is 16.3. The van der Waals surface area contributed by atoms with Gasteiger partial charge in [-0.25, -0.2) is 13.2 Å². The lowest BCUT2D eigenvalue weighted by Gasteiger charge is -2.35. The highest BCUT2D eigenvalue weighted by Crippen LogP contribution is 2.28. The van der Waals surface area contributed by atoms with Gasteiger partial charge in [0.25, 0.3) is 0 Å². The number of likely N-dealkylation sites (tertiary alicyclic amines) is 1. The second-order valence-electron chi connectivity index (χ2n) is 8.37. The molecule has 2 heterocycles. The normalized spacial score (nSPS) is 14.7. The van der Waals surface area contributed by atoms with Gasteiger partial charge in [0.1, 0.15) is 0 Å². The predicted molar refractivity (Wildman–Crippen MR) is 141 cm³/mol. The minimum Gasteiger partial charge on any atom is -0.324 e. The van der Waals surface area contributed by atoms with Crippen LogP contribution in [0.1, 0.15) is 24.0 Å². The molecule has 1 aromatic heterocycles. The van der Waals surface area contributed by atoms with E-state index in [2.05, 4.69) is 36.8 Å². The van der Waals surface area contributed by atoms with Crippen molar-refractivity contribution in [3.63, 3.8) is 0 Å². The maximum Gasteiger partial charge on any atom is 0.324 e. The number of sulfone groups is 1. The zero-order valence-electron chi connectivity index (χ0n) is 18.7. The van der Waals surface area contributed by atoms with E-state index in [4.69, 9.17) is 0 Å². The zero-order chi connectivity index (χ0) is 24.3. The summed E-state index contributed by atoms with van der Waals surface area (Å²) < 4.78 is 28.0. The van der Waals surface area contributed by atoms with Gasteiger partial charge in [0.05, 0.1) is 28.6 Å². The summed E-state index contributed by atoms with van der Waals surface area (Å²) in [5.74, 6) is 0. The van der Waals surface area contributed by atoms with E-state index in [0.717, 1.165) is 20.1 Å². The highest BCUT2D eigenvalue weighted by atomic mass is 79.9. The summed E-state index contributed by atoms with van der Waals surface area (Å²) >= 11 is 6.92. The number of anilines is 1. The van der Waals surface area contributed by atoms with Crippen molar-refractivity contribution in [2.75, 3.05) is 18.0 Å². The van der Waals surface area contributed by atoms with Crippen LogP contribution in [0.25, 0.3) is 0 Å². The Kier molecular flexibility index (Phi) is 7.74. The Labute approximate surface area is 217 Å². The molecule has 1 aliphatic rings. The lowest BCUT2D eigenvalue weighted by molar-refractivity contribution is 0.193. The molecule has 0 spiro atoms. The Morgan fingerprint density at radius 1 is 1.06 bits per heavy atom. The van der Waals surface area contributed by atoms with Crippen molar-refractivity contribution in [2.45, 2.75) is 36.5 Å². The second-order valence-corrected chi connectivity index (χ2v) is 12.4. The molecule has 4 rings (SSSR count). The monoisotopic (exact) mass is 605 g/mol. The van der Waals surface area contributed by atoms with Crippen molar-refractivity contribution in [3.8, 4) is 0 Å². The van der Waals surface area contributed by atoms with Crippen LogP contribution in [0, 0.1) is 6.92 Å². The summed E-state index contributed by atoms with van der Waals surface area (Å²) in [6.07, 6.45) is 4.24. The molecule has 0 N–H and O–H groups in total. The van der Waals surface area contributed by atoms with E-state index in [1.807, 2.05) is 37.3 Å². The zero-order valence-corrected chi connectivity index (χ0v) is 22.7. The molecule has 0 radical (unpaired) electrons. The number of benzene rings is 2. The van der Waals surface area contributed by atoms with Crippen LogP contribution in [0.15, 0.2) is 80.8 Å². The largest absolute Gasteiger partial charge is 0.324 e. The molecule has 1 aliphatic heterocycles. The lowest BCUT2D eigenvalue weighted by atomic mass is 10.1. The number of carbonyl (C=O) groups excluding carboxylic acids is 1. The Hall–Kier alpha value is -2.23. The molecule has 0 saturated carbocycles. The van der Waals surface area contributed by atoms with E-state index in [0.29, 0.717) is 43.1 Å². The standard InChI is InChI=1S/C25H25Br2N3O3S/c1-18-14-21(16-28-15-18)30(17-19-4-2-3-5-24(19)27)25(31)29-12-10-23(11-13-29)34(32,33)22-8-6-20(26)7-9-22/h2-9,14-16,23H,10-13,17H2,1H3. The van der Waals surface area contributed by atoms with Gasteiger partial charge in [0, 0.05) is 28.2 Å². The molecular formula is C25H25Br2N3O3S. The number of hydrogen-bond donors (Lipinski definition) is 0. The first-order valence-corrected chi connectivity index (χ1v) is 14.1. The third-order valence-corrected chi connectivity index (χ3v) is 9.56. The van der Waals surface area contributed by atoms with Crippen molar-refractivity contribution in [2.24, 2.45) is 0 Å². The van der Waals surface area contributed by atoms with Gasteiger partial charge in [0.2, 0.25) is 0 Å². The quantitative estimate of drug-likeness (QED) is 0.358. The van der Waals surface area contributed by atoms with Gasteiger partial charge in [-0.3, -0.25) is 9.88 Å². The lowest BCUT2D eigenvalue weighted by Crippen LogP contribution is -2.48. The van der Waals surface area contributed by atoms with Crippen LogP contribution in [0.4, 0.5) is 10.5 Å². The Morgan fingerprint density at radius 2 is 1.74 bits per heavy atom. The summed E-state index contributed by atoms with van der Waals surface area (Å²) in [6.45, 7) is 3.08. The van der Waals surface area contributed by atoms with Crippen molar-refractivity contribution >= 4 is 53.4 Å². The molecule has 6 nitrogen and oxygen atoms in total. The minimum absolute atomic E-state index is 0.150. The maximum atomic E-state index is 13.6. The van der Waals surface area contributed by atoms with E-state index in [1.54, 1.807) is 46.5 Å². The van der Waals surface area contributed by atoms with E-state index in [9.17, 15) is 13.2 Å². The van der Waals surface area contributed by atoms with Crippen molar-refractivity contribution in [3.05, 3.63) is 87.1 Å². The Bertz CT molecular complexity index is 1270. The Balaban J connectivity index is 1.52. The molecule has 2 aromatic carbocycles. The SMILES string of the molecule is Cc1cncc(N(Cc2ccccc2Br)C(=O)N2CCC(S(=O)(=O)c3ccc(Br)cc3)CC2)c1. The molecule has 9 heteroatoms. The Morgan fingerprint density at radius 3 is 2.38 bits per heavy atom. The predicted octanol–water partition coefficient (Wildman–Crippen LogP) is 5.98. The maximum absolute atomic E-state index is 13.6. The van der Waals surface area contributed by atoms with Crippen molar-refractivity contribution < 1.29 is 13.2 Å². The van der Waals surface area contributed by atoms with Crippen molar-refractivity contribution in [1.82, 2.24) is 9.88 Å². The van der Waals surface area contributed by atoms with Crippen LogP contribution in [0.2, 0.25) is 0 Å². The van der Waals surface area contributed by atoms with E-state index in [-0.39, 0.29) is 6.03 Å². The van der Waals surface area contributed by atoms with Crippen LogP contribution < -0.4 is 4.90 Å². The summed E-state index contributed by atoms with van der Waals surface area (Å²) in [5.41, 5.74) is 2.65. The van der Waals surface area contributed by atoms with Crippen LogP contribution in [0.3, 0.4) is 0 Å². The van der Waals surface area contributed by atoms with Gasteiger partial charge in [-0.2, -0.15) is 0 Å². The number of amides is 2. The number of nitrogens with zero attached hydrogens (tertiary/aromatic N) is 3. The fraction of sp³-hybridized carbons (Fsp3) is 0.280. The summed E-state index contributed by atoms with van der Waals surface area (Å²) in [4.78, 5) is 21.7. The van der Waals surface area contributed by atoms with Gasteiger partial charge in [-0.05, 0) is 67.3 Å². The van der Waals surface area contributed by atoms with Crippen molar-refractivity contribution in [1.29, 1.82) is 0 Å². The van der Waals surface area contributed by atoms with E-state index >= 15 is 0 Å². The van der Waals surface area contributed by atoms with Gasteiger partial charge in [0.15, 0.2) is 9.84 Å². The van der Waals surface area contributed by atoms with Crippen LogP contribution in [0.5, 0.6) is 0 Å². The molecule has 3 aromatic rings. The number of rotatable bonds is 5. The molecule has 1 saturated heterocycles. The third kappa shape index (κ3) is 5.53. The number of aromatic nitrogens is 1. The molecular weight excluding hydrogens is 582 g/mol. The first-order valence-electron chi connectivity index (χ1n) is 11.0. The molecule has 0 bridgehead atoms. The molecule has 178 valence electrons. The van der Waals surface area contributed by atoms with Crippen LogP contribution in [-0.4, -0.2) is 42.7 Å². The molecule has 2 amide bonds. The van der Waals surface area contributed by atoms with Gasteiger partial charge in [-0.15, -0.1) is 0 Å². The minimum atomic E-state index is -3.45. The van der Waals surface area contributed by atoms with Gasteiger partial charge >= 0.3 is 6.03 Å². The molecule has 34 heavy (non-hydrogen) atoms. The van der Waals surface area contributed by atoms with Crippen LogP contribution in [-0.2, 0) is 16.4 Å². The average molecular weight is 607 g/mol. The fourth-order valence-corrected chi connectivity index (χ4v) is 6.50. The van der Waals surface area contributed by atoms with Crippen LogP contribution >= 0.6 is 31.9 Å². The number of pyridine rings is 1. The summed E-state index contributed by atoms with van der Waals surface area (Å²) in [6, 6.07) is 16.3. The summed E-state index contributed by atoms with van der Waals surface area (Å²) in [7, 11) is -3.45. The highest BCUT2D eigenvalue weighted by Gasteiger charge is 2.34. The third-order valence-electron chi connectivity index (χ3n) is 5.98. The molecule has 0 atom stereocenters. The number of carbonyl (C=O) groups is 1. The molecule has 0 aliphatic carbocycles. The van der Waals surface area contributed by atoms with Gasteiger partial charge < -0.3 is 4.90 Å². The smallest absolute Gasteiger partial charge is 0.324 e. The number of hydrogen-bond acceptors (Lipinski definition) is 4. The fourth-order valence-electron chi connectivity index (χ4n) is 4.10.